The Hall–Kier alpha value is -1.58. The van der Waals surface area contributed by atoms with E-state index >= 15 is 0 Å². The molecule has 2 atom stereocenters. The van der Waals surface area contributed by atoms with E-state index in [1.807, 2.05) is 0 Å². The molecule has 0 aliphatic heterocycles. The highest BCUT2D eigenvalue weighted by Gasteiger charge is 2.13. The first kappa shape index (κ1) is 20.4. The molecule has 8 nitrogen and oxygen atoms in total. The minimum atomic E-state index is -1.36. The van der Waals surface area contributed by atoms with Crippen molar-refractivity contribution in [3.8, 4) is 0 Å². The lowest BCUT2D eigenvalue weighted by Crippen LogP contribution is -2.32. The number of esters is 2. The van der Waals surface area contributed by atoms with Crippen LogP contribution in [0, 0.1) is 0 Å². The minimum Gasteiger partial charge on any atom is -0.480 e. The highest BCUT2D eigenvalue weighted by molar-refractivity contribution is 7.99. The Labute approximate surface area is 132 Å². The molecule has 126 valence electrons. The Bertz CT molecular complexity index is 413. The van der Waals surface area contributed by atoms with E-state index in [4.69, 9.17) is 15.6 Å². The largest absolute Gasteiger partial charge is 0.480 e. The van der Waals surface area contributed by atoms with Gasteiger partial charge in [-0.15, -0.1) is 0 Å². The number of carbonyl (C=O) groups is 3. The fourth-order valence-corrected chi connectivity index (χ4v) is 1.94. The first-order valence-electron chi connectivity index (χ1n) is 6.50. The second-order valence-corrected chi connectivity index (χ2v) is 5.57. The van der Waals surface area contributed by atoms with Crippen molar-refractivity contribution in [2.45, 2.75) is 32.1 Å². The number of aliphatic hydroxyl groups excluding tert-OH is 1. The summed E-state index contributed by atoms with van der Waals surface area (Å²) in [6, 6.07) is -0.959. The summed E-state index contributed by atoms with van der Waals surface area (Å²) in [4.78, 5) is 32.9. The summed E-state index contributed by atoms with van der Waals surface area (Å²) in [7, 11) is 0. The topological polar surface area (TPSA) is 136 Å². The van der Waals surface area contributed by atoms with E-state index in [-0.39, 0.29) is 30.8 Å². The van der Waals surface area contributed by atoms with E-state index in [0.29, 0.717) is 5.75 Å². The van der Waals surface area contributed by atoms with Gasteiger partial charge in [-0.2, -0.15) is 11.8 Å². The van der Waals surface area contributed by atoms with Gasteiger partial charge >= 0.3 is 17.9 Å². The first-order valence-corrected chi connectivity index (χ1v) is 7.65. The number of nitrogens with two attached hydrogens (primary N) is 1. The summed E-state index contributed by atoms with van der Waals surface area (Å²) in [5.74, 6) is -1.71. The zero-order chi connectivity index (χ0) is 17.1. The van der Waals surface area contributed by atoms with Crippen LogP contribution in [0.2, 0.25) is 0 Å². The van der Waals surface area contributed by atoms with Crippen molar-refractivity contribution in [1.82, 2.24) is 0 Å². The van der Waals surface area contributed by atoms with Gasteiger partial charge in [0.2, 0.25) is 6.29 Å². The third-order valence-corrected chi connectivity index (χ3v) is 3.37. The number of carboxylic acids is 1. The summed E-state index contributed by atoms with van der Waals surface area (Å²) in [6.45, 7) is 4.72. The van der Waals surface area contributed by atoms with Gasteiger partial charge in [-0.25, -0.2) is 4.79 Å². The van der Waals surface area contributed by atoms with Gasteiger partial charge in [-0.1, -0.05) is 6.58 Å². The van der Waals surface area contributed by atoms with Crippen LogP contribution in [-0.2, 0) is 23.9 Å². The zero-order valence-electron chi connectivity index (χ0n) is 12.3. The summed E-state index contributed by atoms with van der Waals surface area (Å²) in [6.07, 6.45) is -1.31. The molecule has 0 aliphatic carbocycles. The van der Waals surface area contributed by atoms with Crippen molar-refractivity contribution >= 4 is 29.7 Å². The number of carboxylic acid groups (broad SMARTS) is 1. The van der Waals surface area contributed by atoms with E-state index in [9.17, 15) is 19.5 Å². The van der Waals surface area contributed by atoms with Gasteiger partial charge in [0.25, 0.3) is 0 Å². The van der Waals surface area contributed by atoms with Crippen molar-refractivity contribution in [1.29, 1.82) is 0 Å². The lowest BCUT2D eigenvalue weighted by atomic mass is 10.3. The van der Waals surface area contributed by atoms with Gasteiger partial charge in [-0.3, -0.25) is 9.59 Å². The van der Waals surface area contributed by atoms with Gasteiger partial charge in [-0.05, 0) is 6.92 Å². The second-order valence-electron chi connectivity index (χ2n) is 4.42. The molecule has 0 saturated heterocycles. The summed E-state index contributed by atoms with van der Waals surface area (Å²) in [5.41, 5.74) is 5.46. The van der Waals surface area contributed by atoms with Crippen molar-refractivity contribution in [2.24, 2.45) is 5.73 Å². The van der Waals surface area contributed by atoms with Crippen LogP contribution in [0.5, 0.6) is 0 Å². The molecule has 0 bridgehead atoms. The molecule has 0 fully saturated rings. The maximum absolute atomic E-state index is 11.3. The molecule has 0 radical (unpaired) electrons. The van der Waals surface area contributed by atoms with Crippen LogP contribution >= 0.6 is 11.8 Å². The molecule has 0 aromatic carbocycles. The number of aliphatic carboxylic acids is 1. The second kappa shape index (κ2) is 11.0. The van der Waals surface area contributed by atoms with Gasteiger partial charge in [0.1, 0.15) is 6.04 Å². The third kappa shape index (κ3) is 10.2. The van der Waals surface area contributed by atoms with E-state index in [1.54, 1.807) is 0 Å². The first-order chi connectivity index (χ1) is 10.2. The number of thioether (sulfide) groups is 1. The van der Waals surface area contributed by atoms with E-state index in [1.165, 1.54) is 18.7 Å². The lowest BCUT2D eigenvalue weighted by Gasteiger charge is -2.12. The predicted molar refractivity (Wildman–Crippen MR) is 80.0 cm³/mol. The Kier molecular flexibility index (Phi) is 10.3. The number of carbonyl (C=O) groups excluding carboxylic acids is 2. The average Bonchev–Trinajstić information content (AvgIpc) is 2.42. The fraction of sp³-hybridized carbons (Fsp3) is 0.615. The number of rotatable bonds is 11. The molecule has 0 heterocycles. The van der Waals surface area contributed by atoms with E-state index in [2.05, 4.69) is 11.3 Å². The molecular formula is C13H21NO7S. The number of hydrogen-bond acceptors (Lipinski definition) is 8. The maximum atomic E-state index is 11.3. The molecule has 0 aromatic heterocycles. The van der Waals surface area contributed by atoms with Gasteiger partial charge in [0.05, 0.1) is 13.0 Å². The molecule has 1 unspecified atom stereocenters. The zero-order valence-corrected chi connectivity index (χ0v) is 13.1. The molecule has 0 aliphatic rings. The summed E-state index contributed by atoms with van der Waals surface area (Å²) < 4.78 is 9.43. The monoisotopic (exact) mass is 335 g/mol. The van der Waals surface area contributed by atoms with Crippen LogP contribution < -0.4 is 5.73 Å². The van der Waals surface area contributed by atoms with Gasteiger partial charge < -0.3 is 25.4 Å². The minimum absolute atomic E-state index is 0.0399. The molecule has 0 saturated carbocycles. The molecule has 4 N–H and O–H groups in total. The molecule has 0 amide bonds. The molecular weight excluding hydrogens is 314 g/mol. The van der Waals surface area contributed by atoms with Crippen LogP contribution in [0.3, 0.4) is 0 Å². The number of ether oxygens (including phenoxy) is 2. The van der Waals surface area contributed by atoms with Crippen LogP contribution in [0.4, 0.5) is 0 Å². The predicted octanol–water partition coefficient (Wildman–Crippen LogP) is -0.107. The highest BCUT2D eigenvalue weighted by atomic mass is 32.2. The van der Waals surface area contributed by atoms with Crippen molar-refractivity contribution in [3.63, 3.8) is 0 Å². The average molecular weight is 335 g/mol. The molecule has 0 spiro atoms. The normalized spacial score (nSPS) is 13.0. The third-order valence-electron chi connectivity index (χ3n) is 2.28. The Morgan fingerprint density at radius 2 is 2.00 bits per heavy atom. The number of aliphatic hydroxyl groups is 1. The Morgan fingerprint density at radius 3 is 2.55 bits per heavy atom. The Balaban J connectivity index is 3.67. The van der Waals surface area contributed by atoms with Crippen LogP contribution in [0.15, 0.2) is 12.2 Å². The summed E-state index contributed by atoms with van der Waals surface area (Å²) >= 11 is 1.23. The maximum Gasteiger partial charge on any atom is 0.335 e. The van der Waals surface area contributed by atoms with Crippen molar-refractivity contribution in [3.05, 3.63) is 12.2 Å². The molecule has 0 aromatic rings. The van der Waals surface area contributed by atoms with Crippen LogP contribution in [-0.4, -0.2) is 58.6 Å². The standard InChI is InChI=1S/C13H21NO7S/c1-8(2)13(19)21-11(16)3-5-20-10(15)4-6-22-7-9(14)12(17)18/h9,11,16H,1,3-7,14H2,2H3,(H,17,18)/t9-,11?/m0/s1. The molecule has 0 rings (SSSR count). The quantitative estimate of drug-likeness (QED) is 0.204. The van der Waals surface area contributed by atoms with E-state index in [0.717, 1.165) is 0 Å². The number of hydrogen-bond donors (Lipinski definition) is 3. The van der Waals surface area contributed by atoms with Gasteiger partial charge in [0, 0.05) is 23.5 Å². The highest BCUT2D eigenvalue weighted by Crippen LogP contribution is 2.06. The fourth-order valence-electron chi connectivity index (χ4n) is 1.07. The molecule has 9 heteroatoms. The van der Waals surface area contributed by atoms with Crippen LogP contribution in [0.25, 0.3) is 0 Å². The van der Waals surface area contributed by atoms with E-state index < -0.39 is 30.2 Å². The SMILES string of the molecule is C=C(C)C(=O)OC(O)CCOC(=O)CCSC[C@H](N)C(=O)O. The van der Waals surface area contributed by atoms with Crippen molar-refractivity contribution in [2.75, 3.05) is 18.1 Å². The lowest BCUT2D eigenvalue weighted by molar-refractivity contribution is -0.166. The molecule has 22 heavy (non-hydrogen) atoms. The smallest absolute Gasteiger partial charge is 0.335 e. The van der Waals surface area contributed by atoms with Gasteiger partial charge in [0.15, 0.2) is 0 Å². The Morgan fingerprint density at radius 1 is 1.36 bits per heavy atom. The van der Waals surface area contributed by atoms with Crippen LogP contribution in [0.1, 0.15) is 19.8 Å². The summed E-state index contributed by atoms with van der Waals surface area (Å²) in [5, 5.41) is 17.9. The van der Waals surface area contributed by atoms with Crippen molar-refractivity contribution < 1.29 is 34.1 Å².